The van der Waals surface area contributed by atoms with Crippen molar-refractivity contribution in [3.63, 3.8) is 0 Å². The molecule has 0 radical (unpaired) electrons. The molecule has 0 amide bonds. The second kappa shape index (κ2) is 9.19. The van der Waals surface area contributed by atoms with Crippen molar-refractivity contribution in [2.75, 3.05) is 11.1 Å². The van der Waals surface area contributed by atoms with Crippen molar-refractivity contribution in [1.82, 2.24) is 14.5 Å². The number of aliphatic hydroxyl groups is 1. The highest BCUT2D eigenvalue weighted by Crippen LogP contribution is 2.47. The number of hydrogen-bond donors (Lipinski definition) is 3. The number of nitrogens with one attached hydrogen (secondary N) is 1. The number of aryl methyl sites for hydroxylation is 2. The first-order valence-electron chi connectivity index (χ1n) is 10.4. The van der Waals surface area contributed by atoms with Crippen LogP contribution in [0.1, 0.15) is 17.3 Å². The molecule has 6 nitrogen and oxygen atoms in total. The molecule has 2 atom stereocenters. The van der Waals surface area contributed by atoms with Gasteiger partial charge in [0, 0.05) is 47.5 Å². The van der Waals surface area contributed by atoms with E-state index in [0.717, 1.165) is 17.5 Å². The van der Waals surface area contributed by atoms with Crippen molar-refractivity contribution in [3.8, 4) is 5.75 Å². The van der Waals surface area contributed by atoms with Crippen molar-refractivity contribution in [2.24, 2.45) is 7.05 Å². The largest absolute Gasteiger partial charge is 0.508 e. The first kappa shape index (κ1) is 23.9. The van der Waals surface area contributed by atoms with Crippen LogP contribution < -0.4 is 5.32 Å². The predicted molar refractivity (Wildman–Crippen MR) is 126 cm³/mol. The third-order valence-electron chi connectivity index (χ3n) is 5.59. The zero-order valence-corrected chi connectivity index (χ0v) is 19.2. The van der Waals surface area contributed by atoms with Crippen LogP contribution in [0.15, 0.2) is 72.1 Å². The summed E-state index contributed by atoms with van der Waals surface area (Å²) in [6.07, 6.45) is -1.96. The molecule has 0 spiro atoms. The molecule has 0 aliphatic rings. The Morgan fingerprint density at radius 1 is 1.09 bits per heavy atom. The van der Waals surface area contributed by atoms with Gasteiger partial charge in [-0.15, -0.1) is 0 Å². The minimum absolute atomic E-state index is 0.0835. The molecular weight excluding hydrogens is 465 g/mol. The van der Waals surface area contributed by atoms with Crippen LogP contribution in [0.4, 0.5) is 18.9 Å². The number of nitrogens with zero attached hydrogens (tertiary/aromatic N) is 3. The van der Waals surface area contributed by atoms with E-state index >= 15 is 0 Å². The van der Waals surface area contributed by atoms with Crippen LogP contribution in [0.3, 0.4) is 0 Å². The van der Waals surface area contributed by atoms with Crippen molar-refractivity contribution in [1.29, 1.82) is 0 Å². The van der Waals surface area contributed by atoms with Crippen LogP contribution in [0.25, 0.3) is 10.9 Å². The lowest BCUT2D eigenvalue weighted by Gasteiger charge is -2.39. The number of benzene rings is 2. The number of pyridine rings is 1. The van der Waals surface area contributed by atoms with Gasteiger partial charge in [0.25, 0.3) is 0 Å². The fourth-order valence-electron chi connectivity index (χ4n) is 3.72. The van der Waals surface area contributed by atoms with Crippen molar-refractivity contribution >= 4 is 28.4 Å². The van der Waals surface area contributed by atoms with Crippen LogP contribution in [0.2, 0.25) is 0 Å². The Labute approximate surface area is 198 Å². The molecular formula is C24H23F3N4O2S. The second-order valence-corrected chi connectivity index (χ2v) is 8.93. The summed E-state index contributed by atoms with van der Waals surface area (Å²) in [7, 11) is 1.66. The van der Waals surface area contributed by atoms with E-state index in [4.69, 9.17) is 0 Å². The molecule has 10 heteroatoms. The number of phenolic OH excluding ortho intramolecular Hbond substituents is 1. The molecule has 0 bridgehead atoms. The highest BCUT2D eigenvalue weighted by atomic mass is 32.2. The Hall–Kier alpha value is -3.24. The highest BCUT2D eigenvalue weighted by molar-refractivity contribution is 7.99. The summed E-state index contributed by atoms with van der Waals surface area (Å²) < 4.78 is 45.2. The van der Waals surface area contributed by atoms with Crippen molar-refractivity contribution < 1.29 is 23.4 Å². The molecule has 4 aromatic rings. The maximum Gasteiger partial charge on any atom is 0.420 e. The smallest absolute Gasteiger partial charge is 0.420 e. The van der Waals surface area contributed by atoms with Gasteiger partial charge >= 0.3 is 6.18 Å². The van der Waals surface area contributed by atoms with E-state index < -0.39 is 23.6 Å². The number of alkyl halides is 3. The summed E-state index contributed by atoms with van der Waals surface area (Å²) in [6, 6.07) is 12.5. The molecule has 2 aromatic heterocycles. The minimum Gasteiger partial charge on any atom is -0.508 e. The van der Waals surface area contributed by atoms with Crippen LogP contribution >= 0.6 is 11.8 Å². The lowest BCUT2D eigenvalue weighted by molar-refractivity contribution is -0.256. The Morgan fingerprint density at radius 2 is 1.85 bits per heavy atom. The van der Waals surface area contributed by atoms with Gasteiger partial charge in [-0.2, -0.15) is 13.2 Å². The number of imidazole rings is 1. The van der Waals surface area contributed by atoms with E-state index in [0.29, 0.717) is 21.7 Å². The highest BCUT2D eigenvalue weighted by Gasteiger charge is 2.59. The van der Waals surface area contributed by atoms with Gasteiger partial charge in [0.2, 0.25) is 0 Å². The molecule has 4 rings (SSSR count). The number of rotatable bonds is 7. The molecule has 0 fully saturated rings. The number of fused-ring (bicyclic) bond motifs is 1. The van der Waals surface area contributed by atoms with Gasteiger partial charge in [0.15, 0.2) is 10.8 Å². The first-order valence-corrected chi connectivity index (χ1v) is 11.4. The summed E-state index contributed by atoms with van der Waals surface area (Å²) in [6.45, 7) is 1.82. The predicted octanol–water partition coefficient (Wildman–Crippen LogP) is 5.22. The summed E-state index contributed by atoms with van der Waals surface area (Å²) in [4.78, 5) is 8.49. The van der Waals surface area contributed by atoms with Crippen LogP contribution in [0, 0.1) is 6.92 Å². The number of para-hydroxylation sites is 1. The van der Waals surface area contributed by atoms with E-state index in [1.165, 1.54) is 30.5 Å². The lowest BCUT2D eigenvalue weighted by atomic mass is 9.88. The maximum absolute atomic E-state index is 14.5. The summed E-state index contributed by atoms with van der Waals surface area (Å²) in [5.74, 6) is -1.12. The number of aromatic hydroxyl groups is 1. The Bertz CT molecular complexity index is 1310. The van der Waals surface area contributed by atoms with E-state index in [2.05, 4.69) is 15.3 Å². The summed E-state index contributed by atoms with van der Waals surface area (Å²) in [5.41, 5.74) is -1.63. The number of phenols is 1. The maximum atomic E-state index is 14.5. The Morgan fingerprint density at radius 3 is 2.53 bits per heavy atom. The van der Waals surface area contributed by atoms with E-state index in [-0.39, 0.29) is 11.3 Å². The monoisotopic (exact) mass is 488 g/mol. The molecule has 2 unspecified atom stereocenters. The average Bonchev–Trinajstić information content (AvgIpc) is 3.20. The molecule has 3 N–H and O–H groups in total. The summed E-state index contributed by atoms with van der Waals surface area (Å²) in [5, 5.41) is 25.6. The molecule has 34 heavy (non-hydrogen) atoms. The molecule has 2 heterocycles. The Kier molecular flexibility index (Phi) is 6.46. The van der Waals surface area contributed by atoms with Crippen LogP contribution in [0.5, 0.6) is 5.75 Å². The third kappa shape index (κ3) is 4.55. The quantitative estimate of drug-likeness (QED) is 0.310. The van der Waals surface area contributed by atoms with Gasteiger partial charge in [-0.3, -0.25) is 4.98 Å². The fraction of sp³-hybridized carbons (Fsp3) is 0.250. The molecule has 0 aliphatic heterocycles. The van der Waals surface area contributed by atoms with Gasteiger partial charge in [-0.1, -0.05) is 36.0 Å². The van der Waals surface area contributed by atoms with Gasteiger partial charge < -0.3 is 20.1 Å². The molecule has 0 saturated carbocycles. The van der Waals surface area contributed by atoms with Gasteiger partial charge in [-0.25, -0.2) is 4.98 Å². The molecule has 178 valence electrons. The Balaban J connectivity index is 1.83. The average molecular weight is 489 g/mol. The third-order valence-corrected chi connectivity index (χ3v) is 6.82. The summed E-state index contributed by atoms with van der Waals surface area (Å²) >= 11 is 0.780. The molecule has 0 saturated heterocycles. The number of hydrogen-bond acceptors (Lipinski definition) is 6. The van der Waals surface area contributed by atoms with Gasteiger partial charge in [0.1, 0.15) is 5.75 Å². The topological polar surface area (TPSA) is 83.2 Å². The number of anilines is 1. The first-order chi connectivity index (χ1) is 16.1. The standard InChI is InChI=1S/C24H23F3N4O2S/c1-15-10-11-16-18(29-15)7-5-8-19(16)30-21(17-6-3-4-9-20(17)32)23(33,24(25,26)27)14-34-22-28-12-13-31(22)2/h3-13,21,30,32-33H,14H2,1-2H3. The lowest BCUT2D eigenvalue weighted by Crippen LogP contribution is -2.54. The van der Waals surface area contributed by atoms with Gasteiger partial charge in [0.05, 0.1) is 11.6 Å². The number of thioether (sulfide) groups is 1. The fourth-order valence-corrected chi connectivity index (χ4v) is 4.80. The van der Waals surface area contributed by atoms with Crippen molar-refractivity contribution in [3.05, 3.63) is 78.2 Å². The van der Waals surface area contributed by atoms with Crippen LogP contribution in [-0.2, 0) is 7.05 Å². The second-order valence-electron chi connectivity index (χ2n) is 7.99. The van der Waals surface area contributed by atoms with Crippen molar-refractivity contribution in [2.45, 2.75) is 29.9 Å². The van der Waals surface area contributed by atoms with Gasteiger partial charge in [-0.05, 0) is 37.3 Å². The van der Waals surface area contributed by atoms with Crippen LogP contribution in [-0.4, -0.2) is 42.3 Å². The minimum atomic E-state index is -5.04. The zero-order chi connectivity index (χ0) is 24.5. The molecule has 0 aliphatic carbocycles. The van der Waals surface area contributed by atoms with E-state index in [1.54, 1.807) is 48.1 Å². The SMILES string of the molecule is Cc1ccc2c(NC(c3ccccc3O)C(O)(CSc3nccn3C)C(F)(F)F)cccc2n1. The number of halogens is 3. The normalized spacial score (nSPS) is 14.6. The van der Waals surface area contributed by atoms with E-state index in [9.17, 15) is 23.4 Å². The van der Waals surface area contributed by atoms with E-state index in [1.807, 2.05) is 6.92 Å². The zero-order valence-electron chi connectivity index (χ0n) is 18.4. The number of aromatic nitrogens is 3. The molecule has 2 aromatic carbocycles.